The molecule has 0 aliphatic rings. The van der Waals surface area contributed by atoms with Gasteiger partial charge in [0.15, 0.2) is 0 Å². The van der Waals surface area contributed by atoms with E-state index in [1.807, 2.05) is 13.1 Å². The van der Waals surface area contributed by atoms with Crippen molar-refractivity contribution in [1.29, 1.82) is 0 Å². The molecule has 0 aliphatic carbocycles. The summed E-state index contributed by atoms with van der Waals surface area (Å²) in [6.45, 7) is 0.638. The molecule has 0 unspecified atom stereocenters. The van der Waals surface area contributed by atoms with Crippen molar-refractivity contribution in [2.24, 2.45) is 7.05 Å². The molecule has 2 aromatic heterocycles. The molecule has 0 fully saturated rings. The second kappa shape index (κ2) is 5.71. The summed E-state index contributed by atoms with van der Waals surface area (Å²) >= 11 is 5.96. The number of hydrogen-bond acceptors (Lipinski definition) is 4. The number of nitrogens with one attached hydrogen (secondary N) is 1. The highest BCUT2D eigenvalue weighted by atomic mass is 35.5. The molecule has 0 saturated heterocycles. The number of aryl methyl sites for hydroxylation is 1. The van der Waals surface area contributed by atoms with Gasteiger partial charge in [-0.25, -0.2) is 9.78 Å². The highest BCUT2D eigenvalue weighted by Gasteiger charge is 2.08. The molecule has 2 heterocycles. The highest BCUT2D eigenvalue weighted by Crippen LogP contribution is 2.20. The van der Waals surface area contributed by atoms with E-state index in [2.05, 4.69) is 15.4 Å². The predicted molar refractivity (Wildman–Crippen MR) is 71.6 cm³/mol. The lowest BCUT2D eigenvalue weighted by atomic mass is 10.3. The van der Waals surface area contributed by atoms with Crippen molar-refractivity contribution in [3.8, 4) is 0 Å². The molecule has 0 bridgehead atoms. The third kappa shape index (κ3) is 3.23. The summed E-state index contributed by atoms with van der Waals surface area (Å²) in [4.78, 5) is 14.7. The third-order valence-corrected chi connectivity index (χ3v) is 2.97. The van der Waals surface area contributed by atoms with Gasteiger partial charge in [0.2, 0.25) is 0 Å². The van der Waals surface area contributed by atoms with Crippen molar-refractivity contribution in [3.05, 3.63) is 40.8 Å². The summed E-state index contributed by atoms with van der Waals surface area (Å²) in [5.74, 6) is -0.565. The molecule has 2 rings (SSSR count). The van der Waals surface area contributed by atoms with Gasteiger partial charge in [-0.05, 0) is 12.1 Å². The number of carboxylic acids is 1. The molecule has 19 heavy (non-hydrogen) atoms. The largest absolute Gasteiger partial charge is 0.478 e. The van der Waals surface area contributed by atoms with Crippen LogP contribution in [0.25, 0.3) is 0 Å². The topological polar surface area (TPSA) is 80.0 Å². The van der Waals surface area contributed by atoms with Gasteiger partial charge in [0, 0.05) is 38.1 Å². The zero-order chi connectivity index (χ0) is 13.8. The average molecular weight is 281 g/mol. The summed E-state index contributed by atoms with van der Waals surface area (Å²) in [5, 5.41) is 16.2. The molecular formula is C12H13ClN4O2. The van der Waals surface area contributed by atoms with Crippen LogP contribution in [0.4, 0.5) is 5.82 Å². The van der Waals surface area contributed by atoms with Crippen LogP contribution >= 0.6 is 11.6 Å². The fourth-order valence-corrected chi connectivity index (χ4v) is 1.87. The highest BCUT2D eigenvalue weighted by molar-refractivity contribution is 6.33. The minimum atomic E-state index is -1.05. The minimum absolute atomic E-state index is 0.0715. The quantitative estimate of drug-likeness (QED) is 0.873. The first-order chi connectivity index (χ1) is 9.08. The van der Waals surface area contributed by atoms with Gasteiger partial charge < -0.3 is 10.4 Å². The molecule has 0 radical (unpaired) electrons. The zero-order valence-electron chi connectivity index (χ0n) is 10.3. The minimum Gasteiger partial charge on any atom is -0.478 e. The Kier molecular flexibility index (Phi) is 4.01. The summed E-state index contributed by atoms with van der Waals surface area (Å²) in [5.41, 5.74) is 1.16. The molecule has 0 spiro atoms. The molecule has 0 aliphatic heterocycles. The number of aromatic carboxylic acids is 1. The van der Waals surface area contributed by atoms with Gasteiger partial charge in [-0.1, -0.05) is 11.6 Å². The summed E-state index contributed by atoms with van der Waals surface area (Å²) in [6.07, 6.45) is 3.79. The molecule has 0 aromatic carbocycles. The van der Waals surface area contributed by atoms with Gasteiger partial charge in [-0.15, -0.1) is 0 Å². The number of rotatable bonds is 5. The number of carboxylic acid groups (broad SMARTS) is 1. The summed E-state index contributed by atoms with van der Waals surface area (Å²) in [7, 11) is 1.88. The van der Waals surface area contributed by atoms with Crippen molar-refractivity contribution >= 4 is 23.4 Å². The lowest BCUT2D eigenvalue weighted by Crippen LogP contribution is -2.10. The molecule has 0 atom stereocenters. The van der Waals surface area contributed by atoms with Crippen LogP contribution in [-0.4, -0.2) is 32.4 Å². The number of aromatic nitrogens is 3. The second-order valence-electron chi connectivity index (χ2n) is 3.98. The van der Waals surface area contributed by atoms with E-state index in [4.69, 9.17) is 16.7 Å². The molecule has 2 N–H and O–H groups in total. The van der Waals surface area contributed by atoms with E-state index in [0.717, 1.165) is 12.1 Å². The smallest absolute Gasteiger partial charge is 0.337 e. The number of anilines is 1. The van der Waals surface area contributed by atoms with E-state index < -0.39 is 5.97 Å². The normalized spacial score (nSPS) is 10.4. The Morgan fingerprint density at radius 3 is 2.95 bits per heavy atom. The number of hydrogen-bond donors (Lipinski definition) is 2. The summed E-state index contributed by atoms with van der Waals surface area (Å²) in [6, 6.07) is 3.31. The number of pyridine rings is 1. The van der Waals surface area contributed by atoms with E-state index in [0.29, 0.717) is 17.4 Å². The van der Waals surface area contributed by atoms with Crippen LogP contribution in [0.5, 0.6) is 0 Å². The van der Waals surface area contributed by atoms with Crippen molar-refractivity contribution in [3.63, 3.8) is 0 Å². The van der Waals surface area contributed by atoms with Crippen LogP contribution in [-0.2, 0) is 13.5 Å². The Bertz CT molecular complexity index is 597. The lowest BCUT2D eigenvalue weighted by Gasteiger charge is -2.08. The fraction of sp³-hybridized carbons (Fsp3) is 0.250. The molecular weight excluding hydrogens is 268 g/mol. The van der Waals surface area contributed by atoms with Crippen LogP contribution in [0.3, 0.4) is 0 Å². The van der Waals surface area contributed by atoms with Crippen LogP contribution in [0.1, 0.15) is 16.1 Å². The SMILES string of the molecule is Cn1nccc1CCNc1ncc(C(=O)O)cc1Cl. The Balaban J connectivity index is 1.96. The first kappa shape index (κ1) is 13.4. The molecule has 2 aromatic rings. The Morgan fingerprint density at radius 1 is 1.58 bits per heavy atom. The number of nitrogens with zero attached hydrogens (tertiary/aromatic N) is 3. The van der Waals surface area contributed by atoms with Gasteiger partial charge in [0.05, 0.1) is 10.6 Å². The van der Waals surface area contributed by atoms with Gasteiger partial charge >= 0.3 is 5.97 Å². The fourth-order valence-electron chi connectivity index (χ4n) is 1.64. The molecule has 6 nitrogen and oxygen atoms in total. The molecule has 7 heteroatoms. The van der Waals surface area contributed by atoms with Crippen LogP contribution in [0.15, 0.2) is 24.5 Å². The molecule has 0 saturated carbocycles. The number of carbonyl (C=O) groups is 1. The Morgan fingerprint density at radius 2 is 2.37 bits per heavy atom. The van der Waals surface area contributed by atoms with Crippen LogP contribution < -0.4 is 5.32 Å². The zero-order valence-corrected chi connectivity index (χ0v) is 11.1. The van der Waals surface area contributed by atoms with Crippen molar-refractivity contribution < 1.29 is 9.90 Å². The van der Waals surface area contributed by atoms with Crippen molar-refractivity contribution in [2.45, 2.75) is 6.42 Å². The first-order valence-electron chi connectivity index (χ1n) is 5.67. The monoisotopic (exact) mass is 280 g/mol. The van der Waals surface area contributed by atoms with Crippen molar-refractivity contribution in [1.82, 2.24) is 14.8 Å². The number of halogens is 1. The van der Waals surface area contributed by atoms with E-state index in [1.165, 1.54) is 12.3 Å². The first-order valence-corrected chi connectivity index (χ1v) is 6.05. The molecule has 0 amide bonds. The van der Waals surface area contributed by atoms with Gasteiger partial charge in [0.1, 0.15) is 5.82 Å². The maximum Gasteiger partial charge on any atom is 0.337 e. The third-order valence-electron chi connectivity index (χ3n) is 2.68. The standard InChI is InChI=1S/C12H13ClN4O2/c1-17-9(3-5-16-17)2-4-14-11-10(13)6-8(7-15-11)12(18)19/h3,5-7H,2,4H2,1H3,(H,14,15)(H,18,19). The van der Waals surface area contributed by atoms with Gasteiger partial charge in [-0.2, -0.15) is 5.10 Å². The lowest BCUT2D eigenvalue weighted by molar-refractivity contribution is 0.0696. The van der Waals surface area contributed by atoms with E-state index in [-0.39, 0.29) is 5.56 Å². The maximum absolute atomic E-state index is 10.7. The van der Waals surface area contributed by atoms with E-state index in [1.54, 1.807) is 10.9 Å². The van der Waals surface area contributed by atoms with Gasteiger partial charge in [-0.3, -0.25) is 4.68 Å². The van der Waals surface area contributed by atoms with E-state index in [9.17, 15) is 4.79 Å². The summed E-state index contributed by atoms with van der Waals surface area (Å²) < 4.78 is 1.80. The predicted octanol–water partition coefficient (Wildman–Crippen LogP) is 1.82. The van der Waals surface area contributed by atoms with Crippen LogP contribution in [0, 0.1) is 0 Å². The maximum atomic E-state index is 10.7. The van der Waals surface area contributed by atoms with Gasteiger partial charge in [0.25, 0.3) is 0 Å². The van der Waals surface area contributed by atoms with Crippen LogP contribution in [0.2, 0.25) is 5.02 Å². The van der Waals surface area contributed by atoms with Crippen molar-refractivity contribution in [2.75, 3.05) is 11.9 Å². The molecule has 100 valence electrons. The average Bonchev–Trinajstić information content (AvgIpc) is 2.77. The Labute approximate surface area is 115 Å². The van der Waals surface area contributed by atoms with E-state index >= 15 is 0 Å². The Hall–Kier alpha value is -2.08. The second-order valence-corrected chi connectivity index (χ2v) is 4.39.